The van der Waals surface area contributed by atoms with Crippen molar-refractivity contribution >= 4 is 23.4 Å². The molecule has 0 aromatic heterocycles. The number of amides is 1. The molecule has 0 saturated heterocycles. The zero-order chi connectivity index (χ0) is 15.6. The van der Waals surface area contributed by atoms with Gasteiger partial charge in [-0.15, -0.1) is 11.8 Å². The first kappa shape index (κ1) is 16.2. The van der Waals surface area contributed by atoms with Crippen LogP contribution in [0.4, 0.5) is 5.69 Å². The Balaban J connectivity index is 1.73. The molecule has 0 unspecified atom stereocenters. The highest BCUT2D eigenvalue weighted by Gasteiger charge is 2.03. The lowest BCUT2D eigenvalue weighted by Crippen LogP contribution is -2.12. The molecule has 0 aliphatic heterocycles. The van der Waals surface area contributed by atoms with Gasteiger partial charge in [-0.3, -0.25) is 4.79 Å². The van der Waals surface area contributed by atoms with E-state index >= 15 is 0 Å². The molecule has 1 amide bonds. The van der Waals surface area contributed by atoms with Gasteiger partial charge in [-0.05, 0) is 36.4 Å². The van der Waals surface area contributed by atoms with Crippen molar-refractivity contribution in [1.29, 1.82) is 0 Å². The minimum atomic E-state index is 0.0168. The third-order valence-electron chi connectivity index (χ3n) is 2.85. The summed E-state index contributed by atoms with van der Waals surface area (Å²) in [7, 11) is 0. The van der Waals surface area contributed by atoms with E-state index in [2.05, 4.69) is 11.9 Å². The first-order valence-corrected chi connectivity index (χ1v) is 8.08. The average molecular weight is 313 g/mol. The molecule has 0 heterocycles. The summed E-state index contributed by atoms with van der Waals surface area (Å²) >= 11 is 1.68. The second kappa shape index (κ2) is 8.95. The van der Waals surface area contributed by atoms with Crippen LogP contribution in [0.25, 0.3) is 0 Å². The van der Waals surface area contributed by atoms with Gasteiger partial charge in [-0.25, -0.2) is 0 Å². The molecule has 0 atom stereocenters. The molecule has 1 N–H and O–H groups in total. The zero-order valence-electron chi connectivity index (χ0n) is 12.3. The van der Waals surface area contributed by atoms with E-state index in [-0.39, 0.29) is 5.91 Å². The summed E-state index contributed by atoms with van der Waals surface area (Å²) in [4.78, 5) is 13.1. The number of ether oxygens (including phenoxy) is 1. The lowest BCUT2D eigenvalue weighted by Gasteiger charge is -2.07. The summed E-state index contributed by atoms with van der Waals surface area (Å²) in [5.74, 6) is 1.54. The summed E-state index contributed by atoms with van der Waals surface area (Å²) in [6, 6.07) is 17.4. The minimum Gasteiger partial charge on any atom is -0.490 e. The van der Waals surface area contributed by atoms with Crippen LogP contribution < -0.4 is 10.1 Å². The van der Waals surface area contributed by atoms with E-state index < -0.39 is 0 Å². The number of benzene rings is 2. The molecule has 0 saturated carbocycles. The Bertz CT molecular complexity index is 596. The molecule has 2 aromatic carbocycles. The summed E-state index contributed by atoms with van der Waals surface area (Å²) < 4.78 is 5.39. The van der Waals surface area contributed by atoms with Gasteiger partial charge >= 0.3 is 0 Å². The number of hydrogen-bond acceptors (Lipinski definition) is 3. The van der Waals surface area contributed by atoms with Crippen LogP contribution in [0.15, 0.2) is 72.1 Å². The summed E-state index contributed by atoms with van der Waals surface area (Å²) in [5, 5.41) is 2.88. The Morgan fingerprint density at radius 1 is 1.14 bits per heavy atom. The topological polar surface area (TPSA) is 38.3 Å². The fourth-order valence-electron chi connectivity index (χ4n) is 1.79. The normalized spacial score (nSPS) is 10.0. The summed E-state index contributed by atoms with van der Waals surface area (Å²) in [6.07, 6.45) is 2.17. The molecule has 114 valence electrons. The molecule has 2 rings (SSSR count). The van der Waals surface area contributed by atoms with Crippen LogP contribution in [-0.4, -0.2) is 18.3 Å². The highest BCUT2D eigenvalue weighted by atomic mass is 32.2. The van der Waals surface area contributed by atoms with Crippen molar-refractivity contribution in [2.45, 2.75) is 11.3 Å². The number of carbonyl (C=O) groups excluding carboxylic acids is 1. The Kier molecular flexibility index (Phi) is 6.58. The minimum absolute atomic E-state index is 0.0168. The van der Waals surface area contributed by atoms with E-state index in [1.807, 2.05) is 54.6 Å². The first-order valence-electron chi connectivity index (χ1n) is 7.09. The van der Waals surface area contributed by atoms with Crippen LogP contribution in [0.1, 0.15) is 6.42 Å². The largest absolute Gasteiger partial charge is 0.490 e. The third-order valence-corrected chi connectivity index (χ3v) is 3.86. The van der Waals surface area contributed by atoms with Crippen LogP contribution in [-0.2, 0) is 4.79 Å². The van der Waals surface area contributed by atoms with Crippen molar-refractivity contribution in [3.8, 4) is 5.75 Å². The van der Waals surface area contributed by atoms with Crippen molar-refractivity contribution in [3.63, 3.8) is 0 Å². The maximum absolute atomic E-state index is 11.9. The predicted octanol–water partition coefficient (Wildman–Crippen LogP) is 4.37. The highest BCUT2D eigenvalue weighted by Crippen LogP contribution is 2.19. The van der Waals surface area contributed by atoms with Crippen molar-refractivity contribution in [1.82, 2.24) is 0 Å². The second-order valence-electron chi connectivity index (χ2n) is 4.58. The van der Waals surface area contributed by atoms with Gasteiger partial charge in [0, 0.05) is 22.8 Å². The van der Waals surface area contributed by atoms with E-state index in [4.69, 9.17) is 4.74 Å². The van der Waals surface area contributed by atoms with Crippen LogP contribution >= 0.6 is 11.8 Å². The number of hydrogen-bond donors (Lipinski definition) is 1. The number of carbonyl (C=O) groups is 1. The number of anilines is 1. The van der Waals surface area contributed by atoms with Crippen LogP contribution in [0.2, 0.25) is 0 Å². The Hall–Kier alpha value is -2.20. The van der Waals surface area contributed by atoms with Gasteiger partial charge in [-0.2, -0.15) is 0 Å². The molecular formula is C18H19NO2S. The molecule has 2 aromatic rings. The molecular weight excluding hydrogens is 294 g/mol. The van der Waals surface area contributed by atoms with E-state index in [1.54, 1.807) is 17.8 Å². The quantitative estimate of drug-likeness (QED) is 0.581. The maximum Gasteiger partial charge on any atom is 0.225 e. The molecule has 22 heavy (non-hydrogen) atoms. The molecule has 0 aliphatic carbocycles. The molecule has 3 nitrogen and oxygen atoms in total. The van der Waals surface area contributed by atoms with Crippen LogP contribution in [0.3, 0.4) is 0 Å². The number of rotatable bonds is 8. The Labute approximate surface area is 135 Å². The Morgan fingerprint density at radius 2 is 1.86 bits per heavy atom. The van der Waals surface area contributed by atoms with E-state index in [0.717, 1.165) is 17.2 Å². The van der Waals surface area contributed by atoms with E-state index in [1.165, 1.54) is 4.90 Å². The second-order valence-corrected chi connectivity index (χ2v) is 5.75. The predicted molar refractivity (Wildman–Crippen MR) is 92.5 cm³/mol. The smallest absolute Gasteiger partial charge is 0.225 e. The maximum atomic E-state index is 11.9. The van der Waals surface area contributed by atoms with Gasteiger partial charge in [0.1, 0.15) is 12.4 Å². The van der Waals surface area contributed by atoms with E-state index in [9.17, 15) is 4.79 Å². The SMILES string of the molecule is C=CCOc1ccc(NC(=O)CCSc2ccccc2)cc1. The van der Waals surface area contributed by atoms with Gasteiger partial charge in [0.05, 0.1) is 0 Å². The van der Waals surface area contributed by atoms with E-state index in [0.29, 0.717) is 13.0 Å². The van der Waals surface area contributed by atoms with Crippen molar-refractivity contribution in [2.75, 3.05) is 17.7 Å². The molecule has 0 aliphatic rings. The summed E-state index contributed by atoms with van der Waals surface area (Å²) in [6.45, 7) is 4.07. The number of nitrogens with one attached hydrogen (secondary N) is 1. The zero-order valence-corrected chi connectivity index (χ0v) is 13.1. The van der Waals surface area contributed by atoms with Crippen LogP contribution in [0, 0.1) is 0 Å². The average Bonchev–Trinajstić information content (AvgIpc) is 2.55. The monoisotopic (exact) mass is 313 g/mol. The molecule has 0 radical (unpaired) electrons. The van der Waals surface area contributed by atoms with Gasteiger partial charge < -0.3 is 10.1 Å². The summed E-state index contributed by atoms with van der Waals surface area (Å²) in [5.41, 5.74) is 0.778. The van der Waals surface area contributed by atoms with Gasteiger partial charge in [-0.1, -0.05) is 30.9 Å². The molecule has 0 fully saturated rings. The van der Waals surface area contributed by atoms with Crippen LogP contribution in [0.5, 0.6) is 5.75 Å². The molecule has 0 bridgehead atoms. The fourth-order valence-corrected chi connectivity index (χ4v) is 2.66. The molecule has 0 spiro atoms. The van der Waals surface area contributed by atoms with Gasteiger partial charge in [0.25, 0.3) is 0 Å². The van der Waals surface area contributed by atoms with Gasteiger partial charge in [0.15, 0.2) is 0 Å². The number of thioether (sulfide) groups is 1. The van der Waals surface area contributed by atoms with Crippen molar-refractivity contribution in [2.24, 2.45) is 0 Å². The highest BCUT2D eigenvalue weighted by molar-refractivity contribution is 7.99. The standard InChI is InChI=1S/C18H19NO2S/c1-2-13-21-16-10-8-15(9-11-16)19-18(20)12-14-22-17-6-4-3-5-7-17/h2-11H,1,12-14H2,(H,19,20). The Morgan fingerprint density at radius 3 is 2.55 bits per heavy atom. The lowest BCUT2D eigenvalue weighted by molar-refractivity contribution is -0.115. The third kappa shape index (κ3) is 5.66. The van der Waals surface area contributed by atoms with Crippen molar-refractivity contribution < 1.29 is 9.53 Å². The lowest BCUT2D eigenvalue weighted by atomic mass is 10.3. The molecule has 4 heteroatoms. The fraction of sp³-hybridized carbons (Fsp3) is 0.167. The van der Waals surface area contributed by atoms with Gasteiger partial charge in [0.2, 0.25) is 5.91 Å². The van der Waals surface area contributed by atoms with Crippen molar-refractivity contribution in [3.05, 3.63) is 67.3 Å². The first-order chi connectivity index (χ1) is 10.8.